The third-order valence-electron chi connectivity index (χ3n) is 2.81. The van der Waals surface area contributed by atoms with E-state index in [1.54, 1.807) is 6.07 Å². The van der Waals surface area contributed by atoms with Crippen LogP contribution in [-0.2, 0) is 12.6 Å². The Morgan fingerprint density at radius 1 is 1.26 bits per heavy atom. The van der Waals surface area contributed by atoms with Gasteiger partial charge in [-0.15, -0.1) is 0 Å². The normalized spacial score (nSPS) is 13.8. The van der Waals surface area contributed by atoms with Gasteiger partial charge in [-0.1, -0.05) is 25.1 Å². The molecule has 1 atom stereocenters. The maximum absolute atomic E-state index is 12.6. The fraction of sp³-hybridized carbons (Fsp3) is 0.571. The highest BCUT2D eigenvalue weighted by Gasteiger charge is 2.30. The van der Waals surface area contributed by atoms with Crippen LogP contribution in [-0.4, -0.2) is 38.1 Å². The van der Waals surface area contributed by atoms with E-state index in [2.05, 4.69) is 5.32 Å². The number of nitrogens with zero attached hydrogens (tertiary/aromatic N) is 1. The Kier molecular flexibility index (Phi) is 5.82. The molecule has 0 radical (unpaired) electrons. The lowest BCUT2D eigenvalue weighted by Crippen LogP contribution is -2.39. The van der Waals surface area contributed by atoms with Crippen molar-refractivity contribution in [1.82, 2.24) is 10.2 Å². The number of hydrogen-bond donors (Lipinski definition) is 1. The number of halogens is 3. The standard InChI is InChI=1S/C14H21F3N2/c1-4-18-13(10-19(2)3)9-11-6-5-7-12(8-11)14(15,16)17/h5-8,13,18H,4,9-10H2,1-3H3. The first-order chi connectivity index (χ1) is 8.82. The zero-order valence-corrected chi connectivity index (χ0v) is 11.6. The summed E-state index contributed by atoms with van der Waals surface area (Å²) < 4.78 is 37.9. The molecule has 0 aliphatic rings. The Morgan fingerprint density at radius 3 is 2.47 bits per heavy atom. The minimum absolute atomic E-state index is 0.156. The van der Waals surface area contributed by atoms with Gasteiger partial charge >= 0.3 is 6.18 Å². The van der Waals surface area contributed by atoms with Gasteiger partial charge in [-0.05, 0) is 38.7 Å². The Bertz CT molecular complexity index is 389. The minimum Gasteiger partial charge on any atom is -0.313 e. The summed E-state index contributed by atoms with van der Waals surface area (Å²) in [5.41, 5.74) is 0.132. The number of rotatable bonds is 6. The quantitative estimate of drug-likeness (QED) is 0.858. The van der Waals surface area contributed by atoms with Gasteiger partial charge in [0, 0.05) is 12.6 Å². The average molecular weight is 274 g/mol. The lowest BCUT2D eigenvalue weighted by Gasteiger charge is -2.22. The van der Waals surface area contributed by atoms with Crippen molar-refractivity contribution in [2.24, 2.45) is 0 Å². The molecule has 0 saturated carbocycles. The van der Waals surface area contributed by atoms with Crippen molar-refractivity contribution in [3.05, 3.63) is 35.4 Å². The molecule has 0 amide bonds. The molecule has 0 saturated heterocycles. The second-order valence-electron chi connectivity index (χ2n) is 4.92. The third kappa shape index (κ3) is 5.61. The predicted octanol–water partition coefficient (Wildman–Crippen LogP) is 2.79. The maximum Gasteiger partial charge on any atom is 0.416 e. The van der Waals surface area contributed by atoms with Crippen LogP contribution in [0.25, 0.3) is 0 Å². The van der Waals surface area contributed by atoms with Crippen LogP contribution in [0.5, 0.6) is 0 Å². The molecule has 1 rings (SSSR count). The number of alkyl halides is 3. The zero-order chi connectivity index (χ0) is 14.5. The van der Waals surface area contributed by atoms with Gasteiger partial charge < -0.3 is 10.2 Å². The van der Waals surface area contributed by atoms with Gasteiger partial charge in [0.15, 0.2) is 0 Å². The van der Waals surface area contributed by atoms with Crippen molar-refractivity contribution in [3.8, 4) is 0 Å². The zero-order valence-electron chi connectivity index (χ0n) is 11.6. The highest BCUT2D eigenvalue weighted by Crippen LogP contribution is 2.29. The SMILES string of the molecule is CCNC(Cc1cccc(C(F)(F)F)c1)CN(C)C. The van der Waals surface area contributed by atoms with E-state index >= 15 is 0 Å². The minimum atomic E-state index is -4.27. The molecule has 0 aromatic heterocycles. The monoisotopic (exact) mass is 274 g/mol. The summed E-state index contributed by atoms with van der Waals surface area (Å²) in [6, 6.07) is 5.72. The molecule has 5 heteroatoms. The molecule has 1 aromatic rings. The molecule has 0 heterocycles. The Morgan fingerprint density at radius 2 is 1.95 bits per heavy atom. The fourth-order valence-electron chi connectivity index (χ4n) is 2.09. The van der Waals surface area contributed by atoms with Crippen LogP contribution in [0.1, 0.15) is 18.1 Å². The van der Waals surface area contributed by atoms with Crippen LogP contribution in [0, 0.1) is 0 Å². The summed E-state index contributed by atoms with van der Waals surface area (Å²) in [5.74, 6) is 0. The van der Waals surface area contributed by atoms with Gasteiger partial charge in [0.05, 0.1) is 5.56 Å². The van der Waals surface area contributed by atoms with Crippen molar-refractivity contribution in [3.63, 3.8) is 0 Å². The molecular weight excluding hydrogens is 253 g/mol. The number of benzene rings is 1. The molecule has 1 unspecified atom stereocenters. The van der Waals surface area contributed by atoms with Crippen LogP contribution in [0.15, 0.2) is 24.3 Å². The van der Waals surface area contributed by atoms with E-state index in [-0.39, 0.29) is 6.04 Å². The summed E-state index contributed by atoms with van der Waals surface area (Å²) in [4.78, 5) is 2.03. The third-order valence-corrected chi connectivity index (χ3v) is 2.81. The van der Waals surface area contributed by atoms with Crippen molar-refractivity contribution < 1.29 is 13.2 Å². The molecule has 0 bridgehead atoms. The van der Waals surface area contributed by atoms with E-state index in [0.29, 0.717) is 12.0 Å². The van der Waals surface area contributed by atoms with E-state index in [1.165, 1.54) is 12.1 Å². The van der Waals surface area contributed by atoms with Gasteiger partial charge in [-0.3, -0.25) is 0 Å². The molecular formula is C14H21F3N2. The van der Waals surface area contributed by atoms with Crippen LogP contribution in [0.3, 0.4) is 0 Å². The molecule has 1 aromatic carbocycles. The summed E-state index contributed by atoms with van der Waals surface area (Å²) in [6.07, 6.45) is -3.68. The van der Waals surface area contributed by atoms with Crippen molar-refractivity contribution in [1.29, 1.82) is 0 Å². The summed E-state index contributed by atoms with van der Waals surface area (Å²) >= 11 is 0. The van der Waals surface area contributed by atoms with Crippen LogP contribution in [0.2, 0.25) is 0 Å². The van der Waals surface area contributed by atoms with Gasteiger partial charge in [0.2, 0.25) is 0 Å². The first-order valence-electron chi connectivity index (χ1n) is 6.37. The number of nitrogens with one attached hydrogen (secondary N) is 1. The Labute approximate surface area is 112 Å². The van der Waals surface area contributed by atoms with Crippen LogP contribution >= 0.6 is 0 Å². The van der Waals surface area contributed by atoms with Crippen molar-refractivity contribution in [2.75, 3.05) is 27.2 Å². The lowest BCUT2D eigenvalue weighted by atomic mass is 10.0. The largest absolute Gasteiger partial charge is 0.416 e. The average Bonchev–Trinajstić information content (AvgIpc) is 2.27. The number of hydrogen-bond acceptors (Lipinski definition) is 2. The second-order valence-corrected chi connectivity index (χ2v) is 4.92. The molecule has 0 spiro atoms. The molecule has 0 aliphatic heterocycles. The summed E-state index contributed by atoms with van der Waals surface area (Å²) in [7, 11) is 3.91. The first kappa shape index (κ1) is 16.0. The smallest absolute Gasteiger partial charge is 0.313 e. The second kappa shape index (κ2) is 6.91. The molecule has 108 valence electrons. The maximum atomic E-state index is 12.6. The molecule has 1 N–H and O–H groups in total. The molecule has 0 aliphatic carbocycles. The van der Waals surface area contributed by atoms with Gasteiger partial charge in [0.25, 0.3) is 0 Å². The fourth-order valence-corrected chi connectivity index (χ4v) is 2.09. The highest BCUT2D eigenvalue weighted by atomic mass is 19.4. The molecule has 19 heavy (non-hydrogen) atoms. The van der Waals surface area contributed by atoms with Gasteiger partial charge in [0.1, 0.15) is 0 Å². The summed E-state index contributed by atoms with van der Waals surface area (Å²) in [6.45, 7) is 3.59. The van der Waals surface area contributed by atoms with E-state index in [0.717, 1.165) is 19.2 Å². The summed E-state index contributed by atoms with van der Waals surface area (Å²) in [5, 5.41) is 3.30. The topological polar surface area (TPSA) is 15.3 Å². The van der Waals surface area contributed by atoms with E-state index < -0.39 is 11.7 Å². The van der Waals surface area contributed by atoms with Crippen molar-refractivity contribution in [2.45, 2.75) is 25.6 Å². The van der Waals surface area contributed by atoms with Crippen molar-refractivity contribution >= 4 is 0 Å². The molecule has 2 nitrogen and oxygen atoms in total. The molecule has 0 fully saturated rings. The number of likely N-dealkylation sites (N-methyl/N-ethyl adjacent to an activating group) is 2. The van der Waals surface area contributed by atoms with Gasteiger partial charge in [-0.2, -0.15) is 13.2 Å². The van der Waals surface area contributed by atoms with E-state index in [1.807, 2.05) is 25.9 Å². The lowest BCUT2D eigenvalue weighted by molar-refractivity contribution is -0.137. The van der Waals surface area contributed by atoms with E-state index in [9.17, 15) is 13.2 Å². The van der Waals surface area contributed by atoms with E-state index in [4.69, 9.17) is 0 Å². The first-order valence-corrected chi connectivity index (χ1v) is 6.37. The van der Waals surface area contributed by atoms with Crippen LogP contribution < -0.4 is 5.32 Å². The Balaban J connectivity index is 2.79. The van der Waals surface area contributed by atoms with Crippen LogP contribution in [0.4, 0.5) is 13.2 Å². The van der Waals surface area contributed by atoms with Gasteiger partial charge in [-0.25, -0.2) is 0 Å². The highest BCUT2D eigenvalue weighted by molar-refractivity contribution is 5.26. The predicted molar refractivity (Wildman–Crippen MR) is 71.2 cm³/mol. The Hall–Kier alpha value is -1.07.